The minimum absolute atomic E-state index is 0.261. The third kappa shape index (κ3) is 3.17. The molecule has 1 aliphatic heterocycles. The van der Waals surface area contributed by atoms with Crippen LogP contribution in [0.3, 0.4) is 0 Å². The zero-order valence-corrected chi connectivity index (χ0v) is 14.7. The van der Waals surface area contributed by atoms with Crippen LogP contribution in [0, 0.1) is 12.8 Å². The van der Waals surface area contributed by atoms with Crippen molar-refractivity contribution in [1.29, 1.82) is 0 Å². The van der Waals surface area contributed by atoms with Crippen molar-refractivity contribution in [3.05, 3.63) is 60.0 Å². The summed E-state index contributed by atoms with van der Waals surface area (Å²) in [6.07, 6.45) is 3.83. The fourth-order valence-corrected chi connectivity index (χ4v) is 3.45. The maximum atomic E-state index is 4.57. The van der Waals surface area contributed by atoms with E-state index in [1.54, 1.807) is 0 Å². The first kappa shape index (κ1) is 15.9. The van der Waals surface area contributed by atoms with Crippen molar-refractivity contribution in [1.82, 2.24) is 24.9 Å². The van der Waals surface area contributed by atoms with Crippen LogP contribution in [0.2, 0.25) is 0 Å². The van der Waals surface area contributed by atoms with Crippen LogP contribution >= 0.6 is 0 Å². The van der Waals surface area contributed by atoms with Crippen LogP contribution in [0.4, 0.5) is 5.82 Å². The van der Waals surface area contributed by atoms with Crippen molar-refractivity contribution in [3.8, 4) is 5.69 Å². The van der Waals surface area contributed by atoms with Crippen LogP contribution in [0.5, 0.6) is 0 Å². The van der Waals surface area contributed by atoms with Crippen molar-refractivity contribution in [2.75, 3.05) is 18.4 Å². The van der Waals surface area contributed by atoms with Crippen LogP contribution in [-0.4, -0.2) is 32.7 Å². The second-order valence-corrected chi connectivity index (χ2v) is 6.71. The van der Waals surface area contributed by atoms with Gasteiger partial charge >= 0.3 is 0 Å². The Hall–Kier alpha value is -2.60. The van der Waals surface area contributed by atoms with E-state index >= 15 is 0 Å². The lowest BCUT2D eigenvalue weighted by atomic mass is 10.1. The summed E-state index contributed by atoms with van der Waals surface area (Å²) in [4.78, 5) is 0. The molecule has 6 heteroatoms. The Balaban J connectivity index is 1.40. The minimum Gasteiger partial charge on any atom is -0.370 e. The largest absolute Gasteiger partial charge is 0.370 e. The number of aromatic nitrogens is 4. The van der Waals surface area contributed by atoms with E-state index < -0.39 is 0 Å². The molecule has 6 nitrogen and oxygen atoms in total. The van der Waals surface area contributed by atoms with Gasteiger partial charge in [0.05, 0.1) is 18.1 Å². The number of nitrogens with zero attached hydrogens (tertiary/aromatic N) is 4. The summed E-state index contributed by atoms with van der Waals surface area (Å²) in [5.41, 5.74) is 3.52. The number of nitrogens with one attached hydrogen (secondary N) is 2. The molecule has 0 fully saturated rings. The smallest absolute Gasteiger partial charge is 0.124 e. The molecule has 1 aliphatic rings. The Labute approximate surface area is 147 Å². The van der Waals surface area contributed by atoms with Crippen molar-refractivity contribution in [3.63, 3.8) is 0 Å². The van der Waals surface area contributed by atoms with Crippen LogP contribution in [-0.2, 0) is 6.54 Å². The molecule has 3 heterocycles. The second-order valence-electron chi connectivity index (χ2n) is 6.71. The highest BCUT2D eigenvalue weighted by Crippen LogP contribution is 2.21. The Morgan fingerprint density at radius 2 is 2.08 bits per heavy atom. The Bertz CT molecular complexity index is 835. The van der Waals surface area contributed by atoms with E-state index in [4.69, 9.17) is 0 Å². The fraction of sp³-hybridized carbons (Fsp3) is 0.368. The highest BCUT2D eigenvalue weighted by molar-refractivity contribution is 5.36. The highest BCUT2D eigenvalue weighted by atomic mass is 15.3. The quantitative estimate of drug-likeness (QED) is 0.752. The number of benzene rings is 1. The van der Waals surface area contributed by atoms with Gasteiger partial charge in [0.1, 0.15) is 5.82 Å². The van der Waals surface area contributed by atoms with Gasteiger partial charge in [0.25, 0.3) is 0 Å². The third-order valence-electron chi connectivity index (χ3n) is 4.95. The first-order valence-corrected chi connectivity index (χ1v) is 8.81. The Kier molecular flexibility index (Phi) is 4.28. The van der Waals surface area contributed by atoms with Crippen molar-refractivity contribution >= 4 is 5.82 Å². The molecular formula is C19H24N6. The summed E-state index contributed by atoms with van der Waals surface area (Å²) in [6.45, 7) is 7.22. The van der Waals surface area contributed by atoms with Gasteiger partial charge in [-0.25, -0.2) is 9.36 Å². The average molecular weight is 336 g/mol. The Morgan fingerprint density at radius 1 is 1.24 bits per heavy atom. The lowest BCUT2D eigenvalue weighted by Gasteiger charge is -2.26. The molecule has 0 unspecified atom stereocenters. The Morgan fingerprint density at radius 3 is 2.92 bits per heavy atom. The van der Waals surface area contributed by atoms with Gasteiger partial charge in [-0.1, -0.05) is 18.2 Å². The lowest BCUT2D eigenvalue weighted by molar-refractivity contribution is 0.376. The molecule has 0 radical (unpaired) electrons. The number of fused-ring (bicyclic) bond motifs is 1. The van der Waals surface area contributed by atoms with E-state index in [1.807, 2.05) is 46.0 Å². The number of para-hydroxylation sites is 1. The molecule has 25 heavy (non-hydrogen) atoms. The zero-order chi connectivity index (χ0) is 17.2. The first-order valence-electron chi connectivity index (χ1n) is 8.81. The summed E-state index contributed by atoms with van der Waals surface area (Å²) in [6, 6.07) is 12.5. The van der Waals surface area contributed by atoms with Crippen molar-refractivity contribution in [2.45, 2.75) is 26.4 Å². The lowest BCUT2D eigenvalue weighted by Crippen LogP contribution is -2.36. The van der Waals surface area contributed by atoms with Gasteiger partial charge in [0.2, 0.25) is 0 Å². The summed E-state index contributed by atoms with van der Waals surface area (Å²) in [7, 11) is 0. The third-order valence-corrected chi connectivity index (χ3v) is 4.95. The molecule has 3 aromatic rings. The monoisotopic (exact) mass is 336 g/mol. The molecule has 130 valence electrons. The molecule has 0 aliphatic carbocycles. The molecule has 2 N–H and O–H groups in total. The average Bonchev–Trinajstić information content (AvgIpc) is 3.26. The molecule has 0 amide bonds. The van der Waals surface area contributed by atoms with E-state index in [0.29, 0.717) is 5.92 Å². The van der Waals surface area contributed by atoms with Gasteiger partial charge in [-0.3, -0.25) is 0 Å². The van der Waals surface area contributed by atoms with Gasteiger partial charge in [-0.05, 0) is 26.0 Å². The van der Waals surface area contributed by atoms with E-state index in [0.717, 1.165) is 31.1 Å². The van der Waals surface area contributed by atoms with Gasteiger partial charge in [0.15, 0.2) is 0 Å². The molecule has 2 atom stereocenters. The molecule has 0 saturated carbocycles. The van der Waals surface area contributed by atoms with Crippen LogP contribution in [0.15, 0.2) is 48.8 Å². The number of hydrogen-bond acceptors (Lipinski definition) is 4. The summed E-state index contributed by atoms with van der Waals surface area (Å²) < 4.78 is 4.05. The summed E-state index contributed by atoms with van der Waals surface area (Å²) >= 11 is 0. The molecular weight excluding hydrogens is 312 g/mol. The summed E-state index contributed by atoms with van der Waals surface area (Å²) in [5.74, 6) is 1.64. The summed E-state index contributed by atoms with van der Waals surface area (Å²) in [5, 5.41) is 16.0. The molecule has 0 saturated heterocycles. The van der Waals surface area contributed by atoms with Gasteiger partial charge in [0, 0.05) is 48.9 Å². The molecule has 4 rings (SSSR count). The van der Waals surface area contributed by atoms with E-state index in [9.17, 15) is 0 Å². The SMILES string of the molecule is Cc1c([C@@H](C)NC[C@@H]2CNc3ccnn3C2)cnn1-c1ccccc1. The fourth-order valence-electron chi connectivity index (χ4n) is 3.45. The number of anilines is 1. The topological polar surface area (TPSA) is 59.7 Å². The molecule has 1 aromatic carbocycles. The molecule has 2 aromatic heterocycles. The van der Waals surface area contributed by atoms with Crippen molar-refractivity contribution < 1.29 is 0 Å². The van der Waals surface area contributed by atoms with E-state index in [2.05, 4.69) is 46.8 Å². The maximum Gasteiger partial charge on any atom is 0.124 e. The second kappa shape index (κ2) is 6.72. The van der Waals surface area contributed by atoms with Crippen molar-refractivity contribution in [2.24, 2.45) is 5.92 Å². The van der Waals surface area contributed by atoms with E-state index in [1.165, 1.54) is 11.3 Å². The van der Waals surface area contributed by atoms with Crippen LogP contribution in [0.25, 0.3) is 5.69 Å². The van der Waals surface area contributed by atoms with Crippen LogP contribution in [0.1, 0.15) is 24.2 Å². The molecule has 0 bridgehead atoms. The maximum absolute atomic E-state index is 4.57. The first-order chi connectivity index (χ1) is 12.2. The predicted molar refractivity (Wildman–Crippen MR) is 98.9 cm³/mol. The predicted octanol–water partition coefficient (Wildman–Crippen LogP) is 2.77. The van der Waals surface area contributed by atoms with E-state index in [-0.39, 0.29) is 6.04 Å². The van der Waals surface area contributed by atoms with Gasteiger partial charge in [-0.2, -0.15) is 10.2 Å². The van der Waals surface area contributed by atoms with Crippen LogP contribution < -0.4 is 10.6 Å². The van der Waals surface area contributed by atoms with Gasteiger partial charge in [-0.15, -0.1) is 0 Å². The number of rotatable bonds is 5. The molecule has 0 spiro atoms. The van der Waals surface area contributed by atoms with Gasteiger partial charge < -0.3 is 10.6 Å². The zero-order valence-electron chi connectivity index (χ0n) is 14.7. The minimum atomic E-state index is 0.261. The normalized spacial score (nSPS) is 17.8. The number of hydrogen-bond donors (Lipinski definition) is 2. The standard InChI is InChI=1S/C19H24N6/c1-14(20-10-16-11-21-19-8-9-22-24(19)13-16)18-12-23-25(15(18)2)17-6-4-3-5-7-17/h3-9,12,14,16,20-21H,10-11,13H2,1-2H3/t14-,16-/m1/s1. The highest BCUT2D eigenvalue weighted by Gasteiger charge is 2.20.